The number of amides is 1. The van der Waals surface area contributed by atoms with E-state index in [1.807, 2.05) is 0 Å². The van der Waals surface area contributed by atoms with Crippen molar-refractivity contribution in [3.8, 4) is 5.75 Å². The molecule has 1 aromatic carbocycles. The minimum absolute atomic E-state index is 0.0613. The van der Waals surface area contributed by atoms with Crippen molar-refractivity contribution in [3.63, 3.8) is 0 Å². The van der Waals surface area contributed by atoms with E-state index in [2.05, 4.69) is 0 Å². The van der Waals surface area contributed by atoms with Crippen molar-refractivity contribution in [2.24, 2.45) is 0 Å². The highest BCUT2D eigenvalue weighted by molar-refractivity contribution is 5.81. The summed E-state index contributed by atoms with van der Waals surface area (Å²) in [7, 11) is 0. The molecule has 2 N–H and O–H groups in total. The van der Waals surface area contributed by atoms with Gasteiger partial charge in [-0.3, -0.25) is 4.79 Å². The van der Waals surface area contributed by atoms with E-state index in [1.165, 1.54) is 24.3 Å². The number of hydrogen-bond donors (Lipinski definition) is 2. The maximum atomic E-state index is 11.8. The number of phenols is 1. The lowest BCUT2D eigenvalue weighted by molar-refractivity contribution is -0.173. The molecular weight excluding hydrogens is 211 g/mol. The smallest absolute Gasteiger partial charge is 0.471 e. The fraction of sp³-hybridized carbons (Fsp3) is 0.222. The zero-order valence-corrected chi connectivity index (χ0v) is 7.51. The standard InChI is InChI=1S/C9H8F3NO2/c10-9(11,12)8(15)13-5-6-2-1-3-7(14)4-6/h1-4,14H,5H2,(H,13,15). The lowest BCUT2D eigenvalue weighted by Crippen LogP contribution is -2.36. The number of carbonyl (C=O) groups is 1. The summed E-state index contributed by atoms with van der Waals surface area (Å²) in [6.07, 6.45) is -4.88. The Hall–Kier alpha value is -1.72. The monoisotopic (exact) mass is 219 g/mol. The fourth-order valence-corrected chi connectivity index (χ4v) is 0.949. The molecule has 15 heavy (non-hydrogen) atoms. The number of carbonyl (C=O) groups excluding carboxylic acids is 1. The lowest BCUT2D eigenvalue weighted by Gasteiger charge is -2.07. The van der Waals surface area contributed by atoms with Gasteiger partial charge < -0.3 is 10.4 Å². The molecule has 0 radical (unpaired) electrons. The van der Waals surface area contributed by atoms with Crippen molar-refractivity contribution in [1.29, 1.82) is 0 Å². The van der Waals surface area contributed by atoms with Gasteiger partial charge >= 0.3 is 12.1 Å². The molecule has 0 aliphatic heterocycles. The molecule has 1 aromatic rings. The molecule has 82 valence electrons. The van der Waals surface area contributed by atoms with Gasteiger partial charge in [-0.1, -0.05) is 12.1 Å². The molecule has 6 heteroatoms. The van der Waals surface area contributed by atoms with E-state index in [1.54, 1.807) is 5.32 Å². The van der Waals surface area contributed by atoms with Crippen molar-refractivity contribution >= 4 is 5.91 Å². The van der Waals surface area contributed by atoms with Gasteiger partial charge in [-0.05, 0) is 17.7 Å². The first-order valence-electron chi connectivity index (χ1n) is 4.02. The molecule has 0 aliphatic rings. The van der Waals surface area contributed by atoms with Crippen LogP contribution >= 0.6 is 0 Å². The van der Waals surface area contributed by atoms with Crippen LogP contribution in [-0.4, -0.2) is 17.2 Å². The Bertz CT molecular complexity index is 363. The molecule has 0 aliphatic carbocycles. The van der Waals surface area contributed by atoms with Crippen LogP contribution < -0.4 is 5.32 Å². The van der Waals surface area contributed by atoms with Crippen LogP contribution in [0.25, 0.3) is 0 Å². The van der Waals surface area contributed by atoms with E-state index in [0.717, 1.165) is 0 Å². The Kier molecular flexibility index (Phi) is 3.18. The van der Waals surface area contributed by atoms with E-state index < -0.39 is 12.1 Å². The van der Waals surface area contributed by atoms with Gasteiger partial charge in [-0.25, -0.2) is 0 Å². The van der Waals surface area contributed by atoms with Crippen LogP contribution in [0.15, 0.2) is 24.3 Å². The van der Waals surface area contributed by atoms with Crippen LogP contribution in [-0.2, 0) is 11.3 Å². The number of nitrogens with one attached hydrogen (secondary N) is 1. The predicted molar refractivity (Wildman–Crippen MR) is 46.0 cm³/mol. The summed E-state index contributed by atoms with van der Waals surface area (Å²) < 4.78 is 35.3. The van der Waals surface area contributed by atoms with E-state index in [-0.39, 0.29) is 12.3 Å². The number of phenolic OH excluding ortho intramolecular Hbond substituents is 1. The van der Waals surface area contributed by atoms with Gasteiger partial charge in [0.05, 0.1) is 0 Å². The topological polar surface area (TPSA) is 49.3 Å². The van der Waals surface area contributed by atoms with Crippen molar-refractivity contribution in [1.82, 2.24) is 5.32 Å². The summed E-state index contributed by atoms with van der Waals surface area (Å²) in [6, 6.07) is 5.63. The van der Waals surface area contributed by atoms with Gasteiger partial charge in [0, 0.05) is 6.54 Å². The molecule has 3 nitrogen and oxygen atoms in total. The molecule has 0 saturated heterocycles. The molecule has 0 spiro atoms. The molecule has 0 atom stereocenters. The maximum Gasteiger partial charge on any atom is 0.471 e. The largest absolute Gasteiger partial charge is 0.508 e. The average molecular weight is 219 g/mol. The van der Waals surface area contributed by atoms with Gasteiger partial charge in [-0.2, -0.15) is 13.2 Å². The first-order valence-corrected chi connectivity index (χ1v) is 4.02. The third-order valence-corrected chi connectivity index (χ3v) is 1.62. The van der Waals surface area contributed by atoms with E-state index in [4.69, 9.17) is 5.11 Å². The normalized spacial score (nSPS) is 11.1. The van der Waals surface area contributed by atoms with Crippen LogP contribution in [0.2, 0.25) is 0 Å². The molecule has 0 aromatic heterocycles. The maximum absolute atomic E-state index is 11.8. The predicted octanol–water partition coefficient (Wildman–Crippen LogP) is 1.57. The Morgan fingerprint density at radius 2 is 2.07 bits per heavy atom. The highest BCUT2D eigenvalue weighted by atomic mass is 19.4. The number of benzene rings is 1. The Morgan fingerprint density at radius 1 is 1.40 bits per heavy atom. The van der Waals surface area contributed by atoms with Crippen LogP contribution in [0.1, 0.15) is 5.56 Å². The van der Waals surface area contributed by atoms with Gasteiger partial charge in [0.25, 0.3) is 0 Å². The number of aromatic hydroxyl groups is 1. The third-order valence-electron chi connectivity index (χ3n) is 1.62. The Labute approximate surface area is 83.5 Å². The van der Waals surface area contributed by atoms with E-state index in [0.29, 0.717) is 5.56 Å². The molecule has 0 unspecified atom stereocenters. The first kappa shape index (κ1) is 11.4. The molecule has 0 fully saturated rings. The molecule has 1 amide bonds. The van der Waals surface area contributed by atoms with Gasteiger partial charge in [0.15, 0.2) is 0 Å². The number of hydrogen-bond acceptors (Lipinski definition) is 2. The highest BCUT2D eigenvalue weighted by Crippen LogP contribution is 2.15. The third kappa shape index (κ3) is 3.49. The summed E-state index contributed by atoms with van der Waals surface area (Å²) in [4.78, 5) is 10.4. The first-order chi connectivity index (χ1) is 6.89. The Morgan fingerprint density at radius 3 is 2.60 bits per heavy atom. The van der Waals surface area contributed by atoms with Crippen molar-refractivity contribution in [2.45, 2.75) is 12.7 Å². The average Bonchev–Trinajstić information content (AvgIpc) is 2.12. The molecule has 1 rings (SSSR count). The second-order valence-corrected chi connectivity index (χ2v) is 2.85. The highest BCUT2D eigenvalue weighted by Gasteiger charge is 2.38. The van der Waals surface area contributed by atoms with Gasteiger partial charge in [0.2, 0.25) is 0 Å². The number of halogens is 3. The fourth-order valence-electron chi connectivity index (χ4n) is 0.949. The molecule has 0 saturated carbocycles. The van der Waals surface area contributed by atoms with Gasteiger partial charge in [0.1, 0.15) is 5.75 Å². The zero-order valence-electron chi connectivity index (χ0n) is 7.51. The van der Waals surface area contributed by atoms with Crippen LogP contribution in [0.3, 0.4) is 0 Å². The summed E-state index contributed by atoms with van der Waals surface area (Å²) in [6.45, 7) is -0.271. The van der Waals surface area contributed by atoms with Crippen molar-refractivity contribution in [2.75, 3.05) is 0 Å². The van der Waals surface area contributed by atoms with Crippen molar-refractivity contribution in [3.05, 3.63) is 29.8 Å². The second-order valence-electron chi connectivity index (χ2n) is 2.85. The lowest BCUT2D eigenvalue weighted by atomic mass is 10.2. The van der Waals surface area contributed by atoms with Gasteiger partial charge in [-0.15, -0.1) is 0 Å². The molecule has 0 heterocycles. The number of rotatable bonds is 2. The minimum atomic E-state index is -4.88. The van der Waals surface area contributed by atoms with E-state index >= 15 is 0 Å². The molecular formula is C9H8F3NO2. The summed E-state index contributed by atoms with van der Waals surface area (Å²) in [5.41, 5.74) is 0.396. The van der Waals surface area contributed by atoms with Crippen LogP contribution in [0, 0.1) is 0 Å². The Balaban J connectivity index is 2.55. The second kappa shape index (κ2) is 4.20. The van der Waals surface area contributed by atoms with E-state index in [9.17, 15) is 18.0 Å². The minimum Gasteiger partial charge on any atom is -0.508 e. The summed E-state index contributed by atoms with van der Waals surface area (Å²) >= 11 is 0. The van der Waals surface area contributed by atoms with Crippen LogP contribution in [0.4, 0.5) is 13.2 Å². The zero-order chi connectivity index (χ0) is 11.5. The molecule has 0 bridgehead atoms. The SMILES string of the molecule is O=C(NCc1cccc(O)c1)C(F)(F)F. The van der Waals surface area contributed by atoms with Crippen molar-refractivity contribution < 1.29 is 23.1 Å². The number of alkyl halides is 3. The van der Waals surface area contributed by atoms with Crippen LogP contribution in [0.5, 0.6) is 5.75 Å². The quantitative estimate of drug-likeness (QED) is 0.793. The summed E-state index contributed by atoms with van der Waals surface area (Å²) in [5, 5.41) is 10.7. The summed E-state index contributed by atoms with van der Waals surface area (Å²) in [5.74, 6) is -2.06.